The minimum absolute atomic E-state index is 0.0291. The summed E-state index contributed by atoms with van der Waals surface area (Å²) < 4.78 is 13.6. The molecule has 6 heteroatoms. The van der Waals surface area contributed by atoms with Crippen molar-refractivity contribution in [3.8, 4) is 6.07 Å². The monoisotopic (exact) mass is 307 g/mol. The maximum atomic E-state index is 13.6. The first kappa shape index (κ1) is 17.9. The van der Waals surface area contributed by atoms with E-state index in [1.807, 2.05) is 19.9 Å². The molecule has 0 saturated carbocycles. The second-order valence-electron chi connectivity index (χ2n) is 5.62. The number of aliphatic hydroxyl groups is 1. The van der Waals surface area contributed by atoms with Crippen LogP contribution in [0.25, 0.3) is 0 Å². The summed E-state index contributed by atoms with van der Waals surface area (Å²) in [5, 5.41) is 24.0. The lowest BCUT2D eigenvalue weighted by atomic mass is 9.89. The molecular formula is C16H22FN3O2. The van der Waals surface area contributed by atoms with Gasteiger partial charge in [0.15, 0.2) is 0 Å². The van der Waals surface area contributed by atoms with Crippen molar-refractivity contribution in [3.05, 3.63) is 35.1 Å². The highest BCUT2D eigenvalue weighted by atomic mass is 19.1. The van der Waals surface area contributed by atoms with Crippen LogP contribution in [-0.4, -0.2) is 23.3 Å². The number of urea groups is 1. The molecule has 2 atom stereocenters. The van der Waals surface area contributed by atoms with Crippen LogP contribution < -0.4 is 10.6 Å². The van der Waals surface area contributed by atoms with E-state index in [9.17, 15) is 14.3 Å². The summed E-state index contributed by atoms with van der Waals surface area (Å²) in [6.07, 6.45) is 0.794. The number of carbonyl (C=O) groups is 1. The minimum atomic E-state index is -1.00. The Labute approximate surface area is 130 Å². The number of rotatable bonds is 6. The molecule has 2 amide bonds. The molecular weight excluding hydrogens is 285 g/mol. The standard InChI is InChI=1S/C16H22FN3O2/c1-4-11(2)16(3,22)10-20-15(21)19-9-13-7-12(8-18)5-6-14(13)17/h5-7,11,22H,4,9-10H2,1-3H3,(H2,19,20,21). The summed E-state index contributed by atoms with van der Waals surface area (Å²) in [6.45, 7) is 5.61. The summed E-state index contributed by atoms with van der Waals surface area (Å²) in [5.74, 6) is -0.441. The third-order valence-corrected chi connectivity index (χ3v) is 3.90. The van der Waals surface area contributed by atoms with Crippen molar-refractivity contribution in [2.24, 2.45) is 5.92 Å². The van der Waals surface area contributed by atoms with Gasteiger partial charge in [0.05, 0.1) is 17.2 Å². The first-order chi connectivity index (χ1) is 10.3. The van der Waals surface area contributed by atoms with E-state index in [0.29, 0.717) is 5.56 Å². The Morgan fingerprint density at radius 3 is 2.77 bits per heavy atom. The normalized spacial score (nSPS) is 14.5. The van der Waals surface area contributed by atoms with E-state index in [1.165, 1.54) is 18.2 Å². The molecule has 3 N–H and O–H groups in total. The van der Waals surface area contributed by atoms with Gasteiger partial charge in [-0.05, 0) is 31.0 Å². The zero-order chi connectivity index (χ0) is 16.8. The molecule has 0 aliphatic heterocycles. The van der Waals surface area contributed by atoms with Crippen molar-refractivity contribution in [3.63, 3.8) is 0 Å². The molecule has 0 heterocycles. The van der Waals surface area contributed by atoms with Gasteiger partial charge in [-0.2, -0.15) is 5.26 Å². The van der Waals surface area contributed by atoms with Gasteiger partial charge in [0, 0.05) is 18.7 Å². The van der Waals surface area contributed by atoms with E-state index in [0.717, 1.165) is 6.42 Å². The van der Waals surface area contributed by atoms with E-state index < -0.39 is 17.4 Å². The second-order valence-corrected chi connectivity index (χ2v) is 5.62. The zero-order valence-corrected chi connectivity index (χ0v) is 13.1. The fraction of sp³-hybridized carbons (Fsp3) is 0.500. The fourth-order valence-electron chi connectivity index (χ4n) is 1.89. The SMILES string of the molecule is CCC(C)C(C)(O)CNC(=O)NCc1cc(C#N)ccc1F. The molecule has 1 rings (SSSR count). The smallest absolute Gasteiger partial charge is 0.315 e. The summed E-state index contributed by atoms with van der Waals surface area (Å²) >= 11 is 0. The van der Waals surface area contributed by atoms with Crippen LogP contribution in [0, 0.1) is 23.1 Å². The van der Waals surface area contributed by atoms with E-state index in [-0.39, 0.29) is 24.6 Å². The van der Waals surface area contributed by atoms with E-state index in [1.54, 1.807) is 6.92 Å². The molecule has 120 valence electrons. The lowest BCUT2D eigenvalue weighted by Gasteiger charge is -2.29. The van der Waals surface area contributed by atoms with Crippen molar-refractivity contribution in [1.82, 2.24) is 10.6 Å². The van der Waals surface area contributed by atoms with Gasteiger partial charge in [-0.15, -0.1) is 0 Å². The Morgan fingerprint density at radius 1 is 1.50 bits per heavy atom. The van der Waals surface area contributed by atoms with E-state index in [4.69, 9.17) is 5.26 Å². The topological polar surface area (TPSA) is 85.2 Å². The van der Waals surface area contributed by atoms with Gasteiger partial charge in [-0.3, -0.25) is 0 Å². The van der Waals surface area contributed by atoms with Gasteiger partial charge in [0.2, 0.25) is 0 Å². The predicted molar refractivity (Wildman–Crippen MR) is 81.4 cm³/mol. The average Bonchev–Trinajstić information content (AvgIpc) is 2.51. The van der Waals surface area contributed by atoms with Crippen LogP contribution in [0.3, 0.4) is 0 Å². The Morgan fingerprint density at radius 2 is 2.18 bits per heavy atom. The van der Waals surface area contributed by atoms with Gasteiger partial charge in [-0.1, -0.05) is 20.3 Å². The third kappa shape index (κ3) is 5.01. The molecule has 1 aromatic carbocycles. The number of nitrogens with one attached hydrogen (secondary N) is 2. The third-order valence-electron chi connectivity index (χ3n) is 3.90. The van der Waals surface area contributed by atoms with Crippen molar-refractivity contribution >= 4 is 6.03 Å². The van der Waals surface area contributed by atoms with Crippen LogP contribution in [0.4, 0.5) is 9.18 Å². The van der Waals surface area contributed by atoms with Gasteiger partial charge in [0.1, 0.15) is 5.82 Å². The minimum Gasteiger partial charge on any atom is -0.388 e. The first-order valence-corrected chi connectivity index (χ1v) is 7.22. The Hall–Kier alpha value is -2.13. The molecule has 0 fully saturated rings. The summed E-state index contributed by atoms with van der Waals surface area (Å²) in [4.78, 5) is 11.7. The number of hydrogen-bond donors (Lipinski definition) is 3. The van der Waals surface area contributed by atoms with Gasteiger partial charge >= 0.3 is 6.03 Å². The number of nitriles is 1. The van der Waals surface area contributed by atoms with Crippen molar-refractivity contribution in [2.75, 3.05) is 6.54 Å². The van der Waals surface area contributed by atoms with Crippen LogP contribution in [-0.2, 0) is 6.54 Å². The van der Waals surface area contributed by atoms with Crippen LogP contribution in [0.15, 0.2) is 18.2 Å². The molecule has 0 saturated heterocycles. The van der Waals surface area contributed by atoms with Gasteiger partial charge < -0.3 is 15.7 Å². The lowest BCUT2D eigenvalue weighted by molar-refractivity contribution is 0.00790. The highest BCUT2D eigenvalue weighted by Crippen LogP contribution is 2.18. The average molecular weight is 307 g/mol. The molecule has 0 spiro atoms. The molecule has 0 aliphatic carbocycles. The van der Waals surface area contributed by atoms with Crippen LogP contribution >= 0.6 is 0 Å². The Bertz CT molecular complexity index is 567. The lowest BCUT2D eigenvalue weighted by Crippen LogP contribution is -2.47. The summed E-state index contributed by atoms with van der Waals surface area (Å²) in [5.41, 5.74) is -0.431. The maximum Gasteiger partial charge on any atom is 0.315 e. The van der Waals surface area contributed by atoms with Crippen molar-refractivity contribution in [1.29, 1.82) is 5.26 Å². The van der Waals surface area contributed by atoms with Crippen LogP contribution in [0.2, 0.25) is 0 Å². The molecule has 2 unspecified atom stereocenters. The highest BCUT2D eigenvalue weighted by molar-refractivity contribution is 5.73. The maximum absolute atomic E-state index is 13.6. The molecule has 0 radical (unpaired) electrons. The van der Waals surface area contributed by atoms with Gasteiger partial charge in [0.25, 0.3) is 0 Å². The van der Waals surface area contributed by atoms with E-state index >= 15 is 0 Å². The largest absolute Gasteiger partial charge is 0.388 e. The molecule has 0 aromatic heterocycles. The van der Waals surface area contributed by atoms with Gasteiger partial charge in [-0.25, -0.2) is 9.18 Å². The first-order valence-electron chi connectivity index (χ1n) is 7.22. The van der Waals surface area contributed by atoms with Crippen LogP contribution in [0.5, 0.6) is 0 Å². The van der Waals surface area contributed by atoms with Crippen molar-refractivity contribution in [2.45, 2.75) is 39.3 Å². The second kappa shape index (κ2) is 7.76. The Kier molecular flexibility index (Phi) is 6.32. The van der Waals surface area contributed by atoms with Crippen molar-refractivity contribution < 1.29 is 14.3 Å². The van der Waals surface area contributed by atoms with Crippen LogP contribution in [0.1, 0.15) is 38.3 Å². The summed E-state index contributed by atoms with van der Waals surface area (Å²) in [6, 6.07) is 5.39. The van der Waals surface area contributed by atoms with E-state index in [2.05, 4.69) is 10.6 Å². The number of amides is 2. The molecule has 0 aliphatic rings. The highest BCUT2D eigenvalue weighted by Gasteiger charge is 2.27. The predicted octanol–water partition coefficient (Wildman–Crippen LogP) is 2.29. The molecule has 1 aromatic rings. The Balaban J connectivity index is 2.52. The number of halogens is 1. The number of benzene rings is 1. The number of hydrogen-bond acceptors (Lipinski definition) is 3. The molecule has 0 bridgehead atoms. The quantitative estimate of drug-likeness (QED) is 0.754. The fourth-order valence-corrected chi connectivity index (χ4v) is 1.89. The molecule has 5 nitrogen and oxygen atoms in total. The number of carbonyl (C=O) groups excluding carboxylic acids is 1. The summed E-state index contributed by atoms with van der Waals surface area (Å²) in [7, 11) is 0. The molecule has 22 heavy (non-hydrogen) atoms. The zero-order valence-electron chi connectivity index (χ0n) is 13.1. The number of nitrogens with zero attached hydrogens (tertiary/aromatic N) is 1.